The van der Waals surface area contributed by atoms with Crippen LogP contribution in [0, 0.1) is 11.3 Å². The van der Waals surface area contributed by atoms with Crippen LogP contribution in [0.3, 0.4) is 0 Å². The zero-order chi connectivity index (χ0) is 12.5. The normalized spacial score (nSPS) is 30.5. The Bertz CT molecular complexity index is 337. The quantitative estimate of drug-likeness (QED) is 0.847. The molecule has 1 aliphatic rings. The molecule has 2 heteroatoms. The van der Waals surface area contributed by atoms with Gasteiger partial charge in [0.15, 0.2) is 0 Å². The Morgan fingerprint density at radius 2 is 2.00 bits per heavy atom. The standard InChI is InChI=1S/C15H24O2/c1-14(2,3)12-6-8-15(16,9-7-12)11-13-5-4-10-17-13/h4-5,10,12,16H,6-9,11H2,1-3H3. The minimum absolute atomic E-state index is 0.367. The third kappa shape index (κ3) is 3.12. The molecule has 0 bridgehead atoms. The Balaban J connectivity index is 1.93. The van der Waals surface area contributed by atoms with E-state index in [2.05, 4.69) is 20.8 Å². The summed E-state index contributed by atoms with van der Waals surface area (Å²) in [5, 5.41) is 10.6. The molecular formula is C15H24O2. The fourth-order valence-corrected chi connectivity index (χ4v) is 2.94. The molecule has 2 nitrogen and oxygen atoms in total. The molecule has 1 fully saturated rings. The van der Waals surface area contributed by atoms with Crippen molar-refractivity contribution in [3.8, 4) is 0 Å². The summed E-state index contributed by atoms with van der Waals surface area (Å²) in [6.45, 7) is 6.90. The highest BCUT2D eigenvalue weighted by Gasteiger charge is 2.37. The number of hydrogen-bond donors (Lipinski definition) is 1. The summed E-state index contributed by atoms with van der Waals surface area (Å²) < 4.78 is 5.34. The molecule has 0 aromatic carbocycles. The Morgan fingerprint density at radius 1 is 1.35 bits per heavy atom. The molecule has 2 rings (SSSR count). The van der Waals surface area contributed by atoms with Gasteiger partial charge in [0.1, 0.15) is 5.76 Å². The third-order valence-electron chi connectivity index (χ3n) is 4.22. The van der Waals surface area contributed by atoms with E-state index in [1.165, 1.54) is 0 Å². The molecule has 1 saturated carbocycles. The van der Waals surface area contributed by atoms with Crippen LogP contribution >= 0.6 is 0 Å². The van der Waals surface area contributed by atoms with Gasteiger partial charge < -0.3 is 9.52 Å². The molecule has 0 saturated heterocycles. The van der Waals surface area contributed by atoms with Crippen molar-refractivity contribution in [1.29, 1.82) is 0 Å². The van der Waals surface area contributed by atoms with Crippen molar-refractivity contribution < 1.29 is 9.52 Å². The van der Waals surface area contributed by atoms with Crippen LogP contribution in [-0.4, -0.2) is 10.7 Å². The van der Waals surface area contributed by atoms with Crippen LogP contribution in [0.15, 0.2) is 22.8 Å². The van der Waals surface area contributed by atoms with Gasteiger partial charge in [0.2, 0.25) is 0 Å². The van der Waals surface area contributed by atoms with Crippen LogP contribution in [0.1, 0.15) is 52.2 Å². The van der Waals surface area contributed by atoms with E-state index >= 15 is 0 Å². The predicted molar refractivity (Wildman–Crippen MR) is 68.8 cm³/mol. The van der Waals surface area contributed by atoms with Crippen molar-refractivity contribution in [3.63, 3.8) is 0 Å². The zero-order valence-corrected chi connectivity index (χ0v) is 11.2. The lowest BCUT2D eigenvalue weighted by Gasteiger charge is -2.41. The first kappa shape index (κ1) is 12.7. The first-order valence-electron chi connectivity index (χ1n) is 6.64. The summed E-state index contributed by atoms with van der Waals surface area (Å²) in [5.41, 5.74) is -0.175. The lowest BCUT2D eigenvalue weighted by Crippen LogP contribution is -2.39. The summed E-state index contributed by atoms with van der Waals surface area (Å²) in [4.78, 5) is 0. The molecular weight excluding hydrogens is 212 g/mol. The second kappa shape index (κ2) is 4.49. The van der Waals surface area contributed by atoms with Crippen molar-refractivity contribution in [2.45, 2.75) is 58.5 Å². The number of aliphatic hydroxyl groups is 1. The third-order valence-corrected chi connectivity index (χ3v) is 4.22. The molecule has 1 heterocycles. The number of furan rings is 1. The smallest absolute Gasteiger partial charge is 0.106 e. The van der Waals surface area contributed by atoms with Gasteiger partial charge in [-0.3, -0.25) is 0 Å². The average molecular weight is 236 g/mol. The van der Waals surface area contributed by atoms with Crippen molar-refractivity contribution in [1.82, 2.24) is 0 Å². The van der Waals surface area contributed by atoms with Crippen LogP contribution < -0.4 is 0 Å². The van der Waals surface area contributed by atoms with Gasteiger partial charge in [-0.25, -0.2) is 0 Å². The SMILES string of the molecule is CC(C)(C)C1CCC(O)(Cc2ccco2)CC1. The minimum atomic E-state index is -0.542. The molecule has 1 aliphatic carbocycles. The predicted octanol–water partition coefficient (Wildman–Crippen LogP) is 3.79. The first-order chi connectivity index (χ1) is 7.89. The van der Waals surface area contributed by atoms with Gasteiger partial charge in [0.05, 0.1) is 11.9 Å². The molecule has 0 atom stereocenters. The van der Waals surface area contributed by atoms with E-state index in [9.17, 15) is 5.11 Å². The van der Waals surface area contributed by atoms with Crippen LogP contribution in [0.25, 0.3) is 0 Å². The summed E-state index contributed by atoms with van der Waals surface area (Å²) in [7, 11) is 0. The van der Waals surface area contributed by atoms with Crippen LogP contribution in [0.2, 0.25) is 0 Å². The first-order valence-corrected chi connectivity index (χ1v) is 6.64. The number of rotatable bonds is 2. The van der Waals surface area contributed by atoms with E-state index in [0.717, 1.165) is 37.4 Å². The summed E-state index contributed by atoms with van der Waals surface area (Å²) in [6, 6.07) is 3.84. The van der Waals surface area contributed by atoms with Gasteiger partial charge in [-0.2, -0.15) is 0 Å². The monoisotopic (exact) mass is 236 g/mol. The fraction of sp³-hybridized carbons (Fsp3) is 0.733. The molecule has 1 aromatic heterocycles. The van der Waals surface area contributed by atoms with Crippen LogP contribution in [-0.2, 0) is 6.42 Å². The molecule has 0 amide bonds. The zero-order valence-electron chi connectivity index (χ0n) is 11.2. The molecule has 1 aromatic rings. The minimum Gasteiger partial charge on any atom is -0.469 e. The van der Waals surface area contributed by atoms with Gasteiger partial charge in [0.25, 0.3) is 0 Å². The largest absolute Gasteiger partial charge is 0.469 e. The van der Waals surface area contributed by atoms with Gasteiger partial charge in [-0.05, 0) is 49.1 Å². The van der Waals surface area contributed by atoms with E-state index in [1.54, 1.807) is 6.26 Å². The maximum absolute atomic E-state index is 10.6. The van der Waals surface area contributed by atoms with Crippen molar-refractivity contribution in [3.05, 3.63) is 24.2 Å². The maximum atomic E-state index is 10.6. The second-order valence-electron chi connectivity index (χ2n) is 6.62. The van der Waals surface area contributed by atoms with Crippen LogP contribution in [0.5, 0.6) is 0 Å². The summed E-state index contributed by atoms with van der Waals surface area (Å²) >= 11 is 0. The van der Waals surface area contributed by atoms with E-state index in [0.29, 0.717) is 11.8 Å². The Hall–Kier alpha value is -0.760. The fourth-order valence-electron chi connectivity index (χ4n) is 2.94. The highest BCUT2D eigenvalue weighted by Crippen LogP contribution is 2.42. The second-order valence-corrected chi connectivity index (χ2v) is 6.62. The van der Waals surface area contributed by atoms with Gasteiger partial charge >= 0.3 is 0 Å². The highest BCUT2D eigenvalue weighted by atomic mass is 16.3. The van der Waals surface area contributed by atoms with E-state index in [1.807, 2.05) is 12.1 Å². The van der Waals surface area contributed by atoms with Gasteiger partial charge in [-0.1, -0.05) is 20.8 Å². The van der Waals surface area contributed by atoms with Crippen molar-refractivity contribution in [2.24, 2.45) is 11.3 Å². The highest BCUT2D eigenvalue weighted by molar-refractivity contribution is 5.04. The Labute approximate surface area is 104 Å². The summed E-state index contributed by atoms with van der Waals surface area (Å²) in [5.74, 6) is 1.64. The topological polar surface area (TPSA) is 33.4 Å². The molecule has 96 valence electrons. The maximum Gasteiger partial charge on any atom is 0.106 e. The van der Waals surface area contributed by atoms with E-state index < -0.39 is 5.60 Å². The van der Waals surface area contributed by atoms with E-state index in [4.69, 9.17) is 4.42 Å². The van der Waals surface area contributed by atoms with Crippen LogP contribution in [0.4, 0.5) is 0 Å². The molecule has 0 spiro atoms. The Kier molecular flexibility index (Phi) is 3.35. The molecule has 0 aliphatic heterocycles. The molecule has 0 unspecified atom stereocenters. The Morgan fingerprint density at radius 3 is 2.47 bits per heavy atom. The molecule has 0 radical (unpaired) electrons. The summed E-state index contributed by atoms with van der Waals surface area (Å²) in [6.07, 6.45) is 6.39. The average Bonchev–Trinajstić information content (AvgIpc) is 2.68. The molecule has 1 N–H and O–H groups in total. The number of hydrogen-bond acceptors (Lipinski definition) is 2. The van der Waals surface area contributed by atoms with Crippen molar-refractivity contribution >= 4 is 0 Å². The molecule has 17 heavy (non-hydrogen) atoms. The van der Waals surface area contributed by atoms with Gasteiger partial charge in [0, 0.05) is 6.42 Å². The van der Waals surface area contributed by atoms with E-state index in [-0.39, 0.29) is 0 Å². The van der Waals surface area contributed by atoms with Crippen molar-refractivity contribution in [2.75, 3.05) is 0 Å². The lowest BCUT2D eigenvalue weighted by atomic mass is 9.67. The van der Waals surface area contributed by atoms with Gasteiger partial charge in [-0.15, -0.1) is 0 Å². The lowest BCUT2D eigenvalue weighted by molar-refractivity contribution is -0.0277.